The minimum Gasteiger partial charge on any atom is -0.372 e. The van der Waals surface area contributed by atoms with Crippen LogP contribution in [0, 0.1) is 0 Å². The molecule has 4 heterocycles. The van der Waals surface area contributed by atoms with Crippen LogP contribution in [-0.4, -0.2) is 56.8 Å². The van der Waals surface area contributed by atoms with Crippen molar-refractivity contribution in [3.05, 3.63) is 52.6 Å². The Morgan fingerprint density at radius 3 is 2.73 bits per heavy atom. The molecule has 0 unspecified atom stereocenters. The highest BCUT2D eigenvalue weighted by molar-refractivity contribution is 5.81. The van der Waals surface area contributed by atoms with Crippen LogP contribution in [0.15, 0.2) is 35.5 Å². The first-order valence-corrected chi connectivity index (χ1v) is 10.7. The third-order valence-electron chi connectivity index (χ3n) is 6.16. The van der Waals surface area contributed by atoms with Gasteiger partial charge in [0.25, 0.3) is 5.56 Å². The summed E-state index contributed by atoms with van der Waals surface area (Å²) >= 11 is 0. The summed E-state index contributed by atoms with van der Waals surface area (Å²) in [5.41, 5.74) is 3.21. The molecule has 8 heteroatoms. The first kappa shape index (κ1) is 19.3. The lowest BCUT2D eigenvalue weighted by molar-refractivity contribution is 0.0795. The molecular formula is C22H28N6O2. The van der Waals surface area contributed by atoms with Gasteiger partial charge in [-0.1, -0.05) is 0 Å². The van der Waals surface area contributed by atoms with E-state index in [9.17, 15) is 4.79 Å². The van der Waals surface area contributed by atoms with Gasteiger partial charge >= 0.3 is 0 Å². The van der Waals surface area contributed by atoms with Crippen LogP contribution in [0.1, 0.15) is 31.4 Å². The number of nitrogens with zero attached hydrogens (tertiary/aromatic N) is 6. The van der Waals surface area contributed by atoms with E-state index in [1.807, 2.05) is 32.2 Å². The van der Waals surface area contributed by atoms with Crippen LogP contribution in [0.4, 0.5) is 5.69 Å². The number of rotatable bonds is 4. The monoisotopic (exact) mass is 408 g/mol. The van der Waals surface area contributed by atoms with Crippen LogP contribution in [0.2, 0.25) is 0 Å². The van der Waals surface area contributed by atoms with E-state index in [4.69, 9.17) is 4.74 Å². The normalized spacial score (nSPS) is 17.6. The highest BCUT2D eigenvalue weighted by Gasteiger charge is 2.21. The molecule has 0 spiro atoms. The van der Waals surface area contributed by atoms with Crippen molar-refractivity contribution in [2.75, 3.05) is 37.7 Å². The fourth-order valence-corrected chi connectivity index (χ4v) is 4.37. The van der Waals surface area contributed by atoms with E-state index in [0.717, 1.165) is 62.9 Å². The number of aromatic nitrogens is 4. The molecule has 0 amide bonds. The molecule has 0 N–H and O–H groups in total. The van der Waals surface area contributed by atoms with E-state index in [1.165, 1.54) is 5.69 Å². The van der Waals surface area contributed by atoms with Crippen molar-refractivity contribution in [1.82, 2.24) is 24.0 Å². The van der Waals surface area contributed by atoms with E-state index < -0.39 is 0 Å². The second-order valence-corrected chi connectivity index (χ2v) is 8.39. The molecular weight excluding hydrogens is 380 g/mol. The Hall–Kier alpha value is -2.71. The highest BCUT2D eigenvalue weighted by atomic mass is 16.5. The van der Waals surface area contributed by atoms with Gasteiger partial charge in [-0.2, -0.15) is 0 Å². The third-order valence-corrected chi connectivity index (χ3v) is 6.16. The maximum atomic E-state index is 12.6. The second kappa shape index (κ2) is 7.85. The second-order valence-electron chi connectivity index (χ2n) is 8.39. The van der Waals surface area contributed by atoms with Gasteiger partial charge in [-0.05, 0) is 32.0 Å². The number of hydrogen-bond donors (Lipinski definition) is 0. The molecule has 3 aromatic rings. The first-order chi connectivity index (χ1) is 14.6. The Morgan fingerprint density at radius 1 is 1.10 bits per heavy atom. The molecule has 2 aromatic heterocycles. The molecule has 8 nitrogen and oxygen atoms in total. The van der Waals surface area contributed by atoms with Crippen LogP contribution in [-0.2, 0) is 24.4 Å². The van der Waals surface area contributed by atoms with E-state index in [1.54, 1.807) is 10.9 Å². The van der Waals surface area contributed by atoms with Crippen LogP contribution < -0.4 is 10.5 Å². The standard InChI is InChI=1S/C22H28N6O2/c1-16(2)28-15-24-20-11-17(3-4-19(20)22(28)29)26-7-5-25(6-8-26)13-18-12-23-21-14-30-10-9-27(18)21/h3-4,11-12,15-16H,5-10,13-14H2,1-2H3. The van der Waals surface area contributed by atoms with Gasteiger partial charge in [0.1, 0.15) is 12.4 Å². The van der Waals surface area contributed by atoms with E-state index in [-0.39, 0.29) is 11.6 Å². The lowest BCUT2D eigenvalue weighted by atomic mass is 10.2. The molecule has 1 saturated heterocycles. The van der Waals surface area contributed by atoms with Gasteiger partial charge in [-0.3, -0.25) is 14.3 Å². The summed E-state index contributed by atoms with van der Waals surface area (Å²) in [4.78, 5) is 26.5. The van der Waals surface area contributed by atoms with Crippen LogP contribution in [0.3, 0.4) is 0 Å². The fraction of sp³-hybridized carbons (Fsp3) is 0.500. The molecule has 2 aliphatic heterocycles. The summed E-state index contributed by atoms with van der Waals surface area (Å²) < 4.78 is 9.47. The summed E-state index contributed by atoms with van der Waals surface area (Å²) in [6.07, 6.45) is 3.66. The van der Waals surface area contributed by atoms with Crippen LogP contribution in [0.25, 0.3) is 10.9 Å². The number of hydrogen-bond acceptors (Lipinski definition) is 6. The molecule has 30 heavy (non-hydrogen) atoms. The SMILES string of the molecule is CC(C)n1cnc2cc(N3CCN(Cc4cnc5n4CCOC5)CC3)ccc2c1=O. The van der Waals surface area contributed by atoms with Crippen molar-refractivity contribution in [2.45, 2.75) is 39.6 Å². The molecule has 0 atom stereocenters. The predicted molar refractivity (Wildman–Crippen MR) is 116 cm³/mol. The van der Waals surface area contributed by atoms with Gasteiger partial charge in [0.05, 0.1) is 29.5 Å². The molecule has 1 aromatic carbocycles. The summed E-state index contributed by atoms with van der Waals surface area (Å²) in [6.45, 7) is 11.1. The van der Waals surface area contributed by atoms with Crippen molar-refractivity contribution in [1.29, 1.82) is 0 Å². The number of benzene rings is 1. The minimum absolute atomic E-state index is 0.0286. The first-order valence-electron chi connectivity index (χ1n) is 10.7. The van der Waals surface area contributed by atoms with E-state index in [2.05, 4.69) is 30.4 Å². The zero-order valence-corrected chi connectivity index (χ0v) is 17.6. The molecule has 0 aliphatic carbocycles. The number of imidazole rings is 1. The Bertz CT molecular complexity index is 1110. The summed E-state index contributed by atoms with van der Waals surface area (Å²) in [5.74, 6) is 1.04. The molecule has 158 valence electrons. The van der Waals surface area contributed by atoms with Crippen molar-refractivity contribution in [3.63, 3.8) is 0 Å². The average Bonchev–Trinajstić information content (AvgIpc) is 3.17. The van der Waals surface area contributed by atoms with E-state index in [0.29, 0.717) is 12.0 Å². The molecule has 5 rings (SSSR count). The zero-order chi connectivity index (χ0) is 20.7. The lowest BCUT2D eigenvalue weighted by Crippen LogP contribution is -2.46. The molecule has 0 radical (unpaired) electrons. The van der Waals surface area contributed by atoms with Crippen LogP contribution >= 0.6 is 0 Å². The maximum Gasteiger partial charge on any atom is 0.261 e. The topological polar surface area (TPSA) is 68.4 Å². The Kier molecular flexibility index (Phi) is 5.04. The largest absolute Gasteiger partial charge is 0.372 e. The maximum absolute atomic E-state index is 12.6. The van der Waals surface area contributed by atoms with Gasteiger partial charge in [0.2, 0.25) is 0 Å². The quantitative estimate of drug-likeness (QED) is 0.658. The highest BCUT2D eigenvalue weighted by Crippen LogP contribution is 2.22. The Labute approximate surface area is 175 Å². The average molecular weight is 409 g/mol. The molecule has 0 saturated carbocycles. The summed E-state index contributed by atoms with van der Waals surface area (Å²) in [6, 6.07) is 6.13. The summed E-state index contributed by atoms with van der Waals surface area (Å²) in [5, 5.41) is 0.683. The van der Waals surface area contributed by atoms with E-state index >= 15 is 0 Å². The van der Waals surface area contributed by atoms with Gasteiger partial charge in [-0.15, -0.1) is 0 Å². The predicted octanol–water partition coefficient (Wildman–Crippen LogP) is 2.03. The van der Waals surface area contributed by atoms with Crippen molar-refractivity contribution in [3.8, 4) is 0 Å². The van der Waals surface area contributed by atoms with Crippen molar-refractivity contribution in [2.24, 2.45) is 0 Å². The lowest BCUT2D eigenvalue weighted by Gasteiger charge is -2.36. The number of ether oxygens (including phenoxy) is 1. The number of anilines is 1. The number of piperazine rings is 1. The smallest absolute Gasteiger partial charge is 0.261 e. The third kappa shape index (κ3) is 3.50. The van der Waals surface area contributed by atoms with Gasteiger partial charge in [0.15, 0.2) is 0 Å². The Balaban J connectivity index is 1.27. The molecule has 2 aliphatic rings. The van der Waals surface area contributed by atoms with Crippen molar-refractivity contribution < 1.29 is 4.74 Å². The zero-order valence-electron chi connectivity index (χ0n) is 17.6. The minimum atomic E-state index is 0.0286. The van der Waals surface area contributed by atoms with Crippen LogP contribution in [0.5, 0.6) is 0 Å². The molecule has 1 fully saturated rings. The number of fused-ring (bicyclic) bond motifs is 2. The fourth-order valence-electron chi connectivity index (χ4n) is 4.37. The summed E-state index contributed by atoms with van der Waals surface area (Å²) in [7, 11) is 0. The van der Waals surface area contributed by atoms with Crippen molar-refractivity contribution >= 4 is 16.6 Å². The van der Waals surface area contributed by atoms with Gasteiger partial charge < -0.3 is 14.2 Å². The van der Waals surface area contributed by atoms with Gasteiger partial charge in [-0.25, -0.2) is 9.97 Å². The Morgan fingerprint density at radius 2 is 1.93 bits per heavy atom. The van der Waals surface area contributed by atoms with Gasteiger partial charge in [0, 0.05) is 57.2 Å². The molecule has 0 bridgehead atoms.